The van der Waals surface area contributed by atoms with Gasteiger partial charge in [-0.05, 0) is 24.0 Å². The van der Waals surface area contributed by atoms with Crippen molar-refractivity contribution in [3.05, 3.63) is 35.6 Å². The Labute approximate surface area is 96.6 Å². The van der Waals surface area contributed by atoms with Gasteiger partial charge in [-0.2, -0.15) is 0 Å². The van der Waals surface area contributed by atoms with Crippen molar-refractivity contribution in [1.29, 1.82) is 0 Å². The number of methoxy groups -OCH3 is 1. The topological polar surface area (TPSA) is 35.2 Å². The normalized spacial score (nSPS) is 15.1. The molecule has 0 aliphatic rings. The fourth-order valence-electron chi connectivity index (χ4n) is 1.98. The Morgan fingerprint density at radius 2 is 1.94 bits per heavy atom. The Balaban J connectivity index is 2.70. The molecule has 0 amide bonds. The van der Waals surface area contributed by atoms with Crippen LogP contribution in [0, 0.1) is 11.7 Å². The second kappa shape index (κ2) is 5.97. The van der Waals surface area contributed by atoms with Crippen molar-refractivity contribution in [2.75, 3.05) is 7.11 Å². The molecule has 0 fully saturated rings. The van der Waals surface area contributed by atoms with Gasteiger partial charge in [0.1, 0.15) is 5.82 Å². The highest BCUT2D eigenvalue weighted by molar-refractivity contribution is 5.18. The van der Waals surface area contributed by atoms with Crippen LogP contribution in [-0.2, 0) is 11.2 Å². The van der Waals surface area contributed by atoms with E-state index in [0.29, 0.717) is 17.9 Å². The van der Waals surface area contributed by atoms with Crippen LogP contribution in [0.25, 0.3) is 0 Å². The first-order valence-electron chi connectivity index (χ1n) is 5.58. The molecule has 0 spiro atoms. The Bertz CT molecular complexity index is 327. The fraction of sp³-hybridized carbons (Fsp3) is 0.538. The molecule has 1 aromatic rings. The van der Waals surface area contributed by atoms with E-state index in [-0.39, 0.29) is 18.0 Å². The van der Waals surface area contributed by atoms with Gasteiger partial charge in [0.2, 0.25) is 0 Å². The number of halogens is 1. The third-order valence-corrected chi connectivity index (χ3v) is 2.76. The molecule has 0 aromatic heterocycles. The Hall–Kier alpha value is -0.930. The predicted octanol–water partition coefficient (Wildman–Crippen LogP) is 2.37. The summed E-state index contributed by atoms with van der Waals surface area (Å²) in [5, 5.41) is 0. The molecule has 16 heavy (non-hydrogen) atoms. The van der Waals surface area contributed by atoms with Gasteiger partial charge in [0.15, 0.2) is 0 Å². The average Bonchev–Trinajstić information content (AvgIpc) is 2.22. The average molecular weight is 225 g/mol. The van der Waals surface area contributed by atoms with Crippen LogP contribution < -0.4 is 5.73 Å². The SMILES string of the molecule is COC(C(C)C)C(N)Cc1ccccc1F. The van der Waals surface area contributed by atoms with Crippen LogP contribution in [-0.4, -0.2) is 19.3 Å². The largest absolute Gasteiger partial charge is 0.380 e. The van der Waals surface area contributed by atoms with E-state index in [1.165, 1.54) is 6.07 Å². The van der Waals surface area contributed by atoms with Crippen molar-refractivity contribution in [2.24, 2.45) is 11.7 Å². The summed E-state index contributed by atoms with van der Waals surface area (Å²) < 4.78 is 18.8. The quantitative estimate of drug-likeness (QED) is 0.835. The standard InChI is InChI=1S/C13H20FNO/c1-9(2)13(16-3)12(15)8-10-6-4-5-7-11(10)14/h4-7,9,12-13H,8,15H2,1-3H3. The molecule has 3 heteroatoms. The lowest BCUT2D eigenvalue weighted by Crippen LogP contribution is -2.41. The van der Waals surface area contributed by atoms with Crippen molar-refractivity contribution in [2.45, 2.75) is 32.4 Å². The van der Waals surface area contributed by atoms with E-state index in [4.69, 9.17) is 10.5 Å². The maximum Gasteiger partial charge on any atom is 0.126 e. The molecule has 0 radical (unpaired) electrons. The summed E-state index contributed by atoms with van der Waals surface area (Å²) in [7, 11) is 1.64. The van der Waals surface area contributed by atoms with Gasteiger partial charge in [0.25, 0.3) is 0 Å². The van der Waals surface area contributed by atoms with Crippen molar-refractivity contribution >= 4 is 0 Å². The summed E-state index contributed by atoms with van der Waals surface area (Å²) in [5.41, 5.74) is 6.69. The van der Waals surface area contributed by atoms with Gasteiger partial charge in [-0.3, -0.25) is 0 Å². The van der Waals surface area contributed by atoms with Crippen LogP contribution in [0.1, 0.15) is 19.4 Å². The molecule has 0 saturated heterocycles. The van der Waals surface area contributed by atoms with Gasteiger partial charge in [0.05, 0.1) is 6.10 Å². The maximum atomic E-state index is 13.4. The molecule has 2 N–H and O–H groups in total. The first-order valence-corrected chi connectivity index (χ1v) is 5.58. The van der Waals surface area contributed by atoms with Gasteiger partial charge in [-0.25, -0.2) is 4.39 Å². The zero-order chi connectivity index (χ0) is 12.1. The van der Waals surface area contributed by atoms with Crippen LogP contribution in [0.4, 0.5) is 4.39 Å². The molecule has 2 unspecified atom stereocenters. The number of nitrogens with two attached hydrogens (primary N) is 1. The van der Waals surface area contributed by atoms with Crippen molar-refractivity contribution in [3.8, 4) is 0 Å². The van der Waals surface area contributed by atoms with E-state index in [0.717, 1.165) is 0 Å². The van der Waals surface area contributed by atoms with Gasteiger partial charge < -0.3 is 10.5 Å². The molecular weight excluding hydrogens is 205 g/mol. The van der Waals surface area contributed by atoms with Crippen molar-refractivity contribution in [1.82, 2.24) is 0 Å². The highest BCUT2D eigenvalue weighted by atomic mass is 19.1. The lowest BCUT2D eigenvalue weighted by molar-refractivity contribution is 0.0439. The molecule has 0 aliphatic carbocycles. The smallest absolute Gasteiger partial charge is 0.126 e. The molecule has 0 bridgehead atoms. The lowest BCUT2D eigenvalue weighted by atomic mass is 9.94. The maximum absolute atomic E-state index is 13.4. The third kappa shape index (κ3) is 3.29. The summed E-state index contributed by atoms with van der Waals surface area (Å²) in [5.74, 6) is 0.128. The summed E-state index contributed by atoms with van der Waals surface area (Å²) in [6, 6.07) is 6.55. The fourth-order valence-corrected chi connectivity index (χ4v) is 1.98. The monoisotopic (exact) mass is 225 g/mol. The zero-order valence-corrected chi connectivity index (χ0v) is 10.1. The van der Waals surface area contributed by atoms with Crippen LogP contribution >= 0.6 is 0 Å². The summed E-state index contributed by atoms with van der Waals surface area (Å²) >= 11 is 0. The minimum absolute atomic E-state index is 0.0420. The molecule has 0 aliphatic heterocycles. The molecule has 1 aromatic carbocycles. The van der Waals surface area contributed by atoms with E-state index in [1.807, 2.05) is 6.07 Å². The molecule has 0 saturated carbocycles. The first-order chi connectivity index (χ1) is 7.56. The number of benzene rings is 1. The number of hydrogen-bond donors (Lipinski definition) is 1. The van der Waals surface area contributed by atoms with E-state index in [2.05, 4.69) is 13.8 Å². The molecule has 1 rings (SSSR count). The van der Waals surface area contributed by atoms with Crippen LogP contribution in [0.5, 0.6) is 0 Å². The van der Waals surface area contributed by atoms with Gasteiger partial charge in [0, 0.05) is 13.2 Å². The predicted molar refractivity (Wildman–Crippen MR) is 63.7 cm³/mol. The number of ether oxygens (including phenoxy) is 1. The van der Waals surface area contributed by atoms with Crippen LogP contribution in [0.2, 0.25) is 0 Å². The van der Waals surface area contributed by atoms with Gasteiger partial charge in [-0.15, -0.1) is 0 Å². The Morgan fingerprint density at radius 3 is 2.44 bits per heavy atom. The van der Waals surface area contributed by atoms with E-state index >= 15 is 0 Å². The van der Waals surface area contributed by atoms with Crippen LogP contribution in [0.3, 0.4) is 0 Å². The van der Waals surface area contributed by atoms with Crippen LogP contribution in [0.15, 0.2) is 24.3 Å². The molecule has 0 heterocycles. The number of hydrogen-bond acceptors (Lipinski definition) is 2. The summed E-state index contributed by atoms with van der Waals surface area (Å²) in [6.45, 7) is 4.10. The first kappa shape index (κ1) is 13.1. The molecule has 2 atom stereocenters. The van der Waals surface area contributed by atoms with Gasteiger partial charge in [-0.1, -0.05) is 32.0 Å². The molecular formula is C13H20FNO. The second-order valence-corrected chi connectivity index (χ2v) is 4.40. The second-order valence-electron chi connectivity index (χ2n) is 4.40. The van der Waals surface area contributed by atoms with E-state index < -0.39 is 0 Å². The highest BCUT2D eigenvalue weighted by Crippen LogP contribution is 2.15. The number of rotatable bonds is 5. The van der Waals surface area contributed by atoms with Gasteiger partial charge >= 0.3 is 0 Å². The molecule has 90 valence electrons. The Morgan fingerprint density at radius 1 is 1.31 bits per heavy atom. The highest BCUT2D eigenvalue weighted by Gasteiger charge is 2.21. The minimum Gasteiger partial charge on any atom is -0.380 e. The lowest BCUT2D eigenvalue weighted by Gasteiger charge is -2.26. The third-order valence-electron chi connectivity index (χ3n) is 2.76. The van der Waals surface area contributed by atoms with E-state index in [9.17, 15) is 4.39 Å². The molecule has 2 nitrogen and oxygen atoms in total. The zero-order valence-electron chi connectivity index (χ0n) is 10.1. The Kier molecular flexibility index (Phi) is 4.90. The summed E-state index contributed by atoms with van der Waals surface area (Å²) in [4.78, 5) is 0. The summed E-state index contributed by atoms with van der Waals surface area (Å²) in [6.07, 6.45) is 0.461. The van der Waals surface area contributed by atoms with Crippen molar-refractivity contribution < 1.29 is 9.13 Å². The van der Waals surface area contributed by atoms with Crippen molar-refractivity contribution in [3.63, 3.8) is 0 Å². The minimum atomic E-state index is -0.198. The van der Waals surface area contributed by atoms with E-state index in [1.54, 1.807) is 19.2 Å².